The van der Waals surface area contributed by atoms with Crippen molar-refractivity contribution in [3.05, 3.63) is 70.6 Å². The van der Waals surface area contributed by atoms with Crippen LogP contribution in [0.25, 0.3) is 11.3 Å². The van der Waals surface area contributed by atoms with Crippen molar-refractivity contribution in [2.75, 3.05) is 5.43 Å². The summed E-state index contributed by atoms with van der Waals surface area (Å²) < 4.78 is 38.9. The van der Waals surface area contributed by atoms with E-state index in [0.29, 0.717) is 5.13 Å². The number of nitrogens with one attached hydrogen (secondary N) is 1. The standard InChI is InChI=1S/C18H14F3N3S/c1-12-16(13-7-3-2-4-8-13)23-17(25-12)24-22-11-14-9-5-6-10-15(14)18(19,20)21/h2-11H,1H3,(H,23,24)/b22-11-. The Hall–Kier alpha value is -2.67. The molecule has 1 heterocycles. The number of benzene rings is 2. The third-order valence-corrected chi connectivity index (χ3v) is 4.35. The van der Waals surface area contributed by atoms with Crippen molar-refractivity contribution in [1.82, 2.24) is 4.98 Å². The lowest BCUT2D eigenvalue weighted by Gasteiger charge is -2.08. The fourth-order valence-electron chi connectivity index (χ4n) is 2.33. The van der Waals surface area contributed by atoms with Crippen LogP contribution in [-0.2, 0) is 6.18 Å². The quantitative estimate of drug-likeness (QED) is 0.486. The van der Waals surface area contributed by atoms with Crippen molar-refractivity contribution < 1.29 is 13.2 Å². The summed E-state index contributed by atoms with van der Waals surface area (Å²) in [5, 5.41) is 4.43. The Balaban J connectivity index is 1.78. The number of aryl methyl sites for hydroxylation is 1. The summed E-state index contributed by atoms with van der Waals surface area (Å²) in [6, 6.07) is 15.0. The highest BCUT2D eigenvalue weighted by molar-refractivity contribution is 7.15. The van der Waals surface area contributed by atoms with Crippen molar-refractivity contribution in [3.63, 3.8) is 0 Å². The Kier molecular flexibility index (Phi) is 4.85. The van der Waals surface area contributed by atoms with Crippen molar-refractivity contribution in [2.45, 2.75) is 13.1 Å². The number of nitrogens with zero attached hydrogens (tertiary/aromatic N) is 2. The fourth-order valence-corrected chi connectivity index (χ4v) is 3.12. The van der Waals surface area contributed by atoms with E-state index in [4.69, 9.17) is 0 Å². The third-order valence-electron chi connectivity index (χ3n) is 3.47. The van der Waals surface area contributed by atoms with Crippen LogP contribution in [0.5, 0.6) is 0 Å². The predicted octanol–water partition coefficient (Wildman–Crippen LogP) is 5.58. The molecule has 0 amide bonds. The molecular formula is C18H14F3N3S. The maximum atomic E-state index is 13.0. The highest BCUT2D eigenvalue weighted by Crippen LogP contribution is 2.32. The Labute approximate surface area is 146 Å². The molecule has 0 fully saturated rings. The number of alkyl halides is 3. The van der Waals surface area contributed by atoms with Gasteiger partial charge in [0.05, 0.1) is 17.5 Å². The number of hydrogen-bond acceptors (Lipinski definition) is 4. The summed E-state index contributed by atoms with van der Waals surface area (Å²) in [6.07, 6.45) is -3.26. The molecule has 0 radical (unpaired) electrons. The van der Waals surface area contributed by atoms with E-state index >= 15 is 0 Å². The molecule has 0 aliphatic heterocycles. The van der Waals surface area contributed by atoms with E-state index in [1.165, 1.54) is 29.5 Å². The van der Waals surface area contributed by atoms with E-state index in [0.717, 1.165) is 28.4 Å². The van der Waals surface area contributed by atoms with Gasteiger partial charge in [-0.15, -0.1) is 11.3 Å². The van der Waals surface area contributed by atoms with Gasteiger partial charge >= 0.3 is 6.18 Å². The lowest BCUT2D eigenvalue weighted by atomic mass is 10.1. The fraction of sp³-hybridized carbons (Fsp3) is 0.111. The Morgan fingerprint density at radius 2 is 1.72 bits per heavy atom. The maximum absolute atomic E-state index is 13.0. The van der Waals surface area contributed by atoms with Crippen molar-refractivity contribution in [1.29, 1.82) is 0 Å². The van der Waals surface area contributed by atoms with Crippen LogP contribution in [-0.4, -0.2) is 11.2 Å². The molecule has 1 aromatic heterocycles. The minimum Gasteiger partial charge on any atom is -0.253 e. The first-order valence-electron chi connectivity index (χ1n) is 7.43. The normalized spacial score (nSPS) is 11.8. The number of rotatable bonds is 4. The summed E-state index contributed by atoms with van der Waals surface area (Å²) in [5.74, 6) is 0. The average molecular weight is 361 g/mol. The van der Waals surface area contributed by atoms with E-state index in [9.17, 15) is 13.2 Å². The molecule has 0 saturated heterocycles. The summed E-state index contributed by atoms with van der Waals surface area (Å²) in [5.41, 5.74) is 3.80. The van der Waals surface area contributed by atoms with Gasteiger partial charge in [0.15, 0.2) is 0 Å². The number of hydrazone groups is 1. The van der Waals surface area contributed by atoms with E-state index in [1.807, 2.05) is 37.3 Å². The molecule has 3 rings (SSSR count). The number of aromatic nitrogens is 1. The van der Waals surface area contributed by atoms with E-state index in [-0.39, 0.29) is 5.56 Å². The first kappa shape index (κ1) is 17.2. The molecule has 128 valence electrons. The monoisotopic (exact) mass is 361 g/mol. The van der Waals surface area contributed by atoms with Crippen LogP contribution in [0.3, 0.4) is 0 Å². The van der Waals surface area contributed by atoms with E-state index in [1.54, 1.807) is 0 Å². The van der Waals surface area contributed by atoms with Gasteiger partial charge in [-0.25, -0.2) is 4.98 Å². The van der Waals surface area contributed by atoms with Gasteiger partial charge in [-0.05, 0) is 13.0 Å². The van der Waals surface area contributed by atoms with Gasteiger partial charge in [-0.3, -0.25) is 5.43 Å². The summed E-state index contributed by atoms with van der Waals surface area (Å²) in [7, 11) is 0. The van der Waals surface area contributed by atoms with Gasteiger partial charge in [0.25, 0.3) is 0 Å². The first-order chi connectivity index (χ1) is 11.9. The van der Waals surface area contributed by atoms with Crippen LogP contribution >= 0.6 is 11.3 Å². The molecule has 25 heavy (non-hydrogen) atoms. The Morgan fingerprint density at radius 1 is 1.04 bits per heavy atom. The van der Waals surface area contributed by atoms with Gasteiger partial charge in [0, 0.05) is 16.0 Å². The van der Waals surface area contributed by atoms with Crippen LogP contribution in [0.1, 0.15) is 16.0 Å². The molecule has 0 unspecified atom stereocenters. The molecule has 3 aromatic rings. The summed E-state index contributed by atoms with van der Waals surface area (Å²) in [6.45, 7) is 1.94. The minimum atomic E-state index is -4.42. The molecule has 0 atom stereocenters. The smallest absolute Gasteiger partial charge is 0.253 e. The van der Waals surface area contributed by atoms with E-state index in [2.05, 4.69) is 15.5 Å². The lowest BCUT2D eigenvalue weighted by molar-refractivity contribution is -0.137. The average Bonchev–Trinajstić information content (AvgIpc) is 2.96. The zero-order chi connectivity index (χ0) is 17.9. The van der Waals surface area contributed by atoms with Crippen LogP contribution in [0, 0.1) is 6.92 Å². The number of hydrogen-bond donors (Lipinski definition) is 1. The highest BCUT2D eigenvalue weighted by Gasteiger charge is 2.32. The van der Waals surface area contributed by atoms with Gasteiger partial charge in [0.2, 0.25) is 5.13 Å². The molecule has 3 nitrogen and oxygen atoms in total. The maximum Gasteiger partial charge on any atom is 0.417 e. The second-order valence-electron chi connectivity index (χ2n) is 5.24. The van der Waals surface area contributed by atoms with Gasteiger partial charge in [-0.1, -0.05) is 48.5 Å². The molecule has 0 aliphatic rings. The largest absolute Gasteiger partial charge is 0.417 e. The Bertz CT molecular complexity index is 886. The summed E-state index contributed by atoms with van der Waals surface area (Å²) >= 11 is 1.40. The SMILES string of the molecule is Cc1sc(N/N=C\c2ccccc2C(F)(F)F)nc1-c1ccccc1. The molecule has 0 spiro atoms. The molecule has 1 N–H and O–H groups in total. The lowest BCUT2D eigenvalue weighted by Crippen LogP contribution is -2.08. The molecule has 0 saturated carbocycles. The molecule has 0 aliphatic carbocycles. The minimum absolute atomic E-state index is 0.000870. The predicted molar refractivity (Wildman–Crippen MR) is 94.9 cm³/mol. The number of halogens is 3. The number of anilines is 1. The Morgan fingerprint density at radius 3 is 2.44 bits per heavy atom. The topological polar surface area (TPSA) is 37.3 Å². The second kappa shape index (κ2) is 7.06. The van der Waals surface area contributed by atoms with Gasteiger partial charge in [0.1, 0.15) is 0 Å². The molecule has 2 aromatic carbocycles. The van der Waals surface area contributed by atoms with Crippen molar-refractivity contribution >= 4 is 22.7 Å². The van der Waals surface area contributed by atoms with Gasteiger partial charge < -0.3 is 0 Å². The van der Waals surface area contributed by atoms with Crippen LogP contribution in [0.15, 0.2) is 59.7 Å². The zero-order valence-electron chi connectivity index (χ0n) is 13.2. The first-order valence-corrected chi connectivity index (χ1v) is 8.25. The van der Waals surface area contributed by atoms with Crippen molar-refractivity contribution in [3.8, 4) is 11.3 Å². The molecule has 7 heteroatoms. The number of thiazole rings is 1. The molecular weight excluding hydrogens is 347 g/mol. The molecule has 0 bridgehead atoms. The van der Waals surface area contributed by atoms with Crippen LogP contribution < -0.4 is 5.43 Å². The zero-order valence-corrected chi connectivity index (χ0v) is 14.0. The van der Waals surface area contributed by atoms with Crippen LogP contribution in [0.4, 0.5) is 18.3 Å². The third kappa shape index (κ3) is 4.06. The van der Waals surface area contributed by atoms with Crippen molar-refractivity contribution in [2.24, 2.45) is 5.10 Å². The summed E-state index contributed by atoms with van der Waals surface area (Å²) in [4.78, 5) is 5.45. The van der Waals surface area contributed by atoms with Gasteiger partial charge in [-0.2, -0.15) is 18.3 Å². The second-order valence-corrected chi connectivity index (χ2v) is 6.45. The van der Waals surface area contributed by atoms with E-state index < -0.39 is 11.7 Å². The highest BCUT2D eigenvalue weighted by atomic mass is 32.1. The van der Waals surface area contributed by atoms with Crippen LogP contribution in [0.2, 0.25) is 0 Å².